The number of oxime groups is 1. The highest BCUT2D eigenvalue weighted by Gasteiger charge is 2.44. The summed E-state index contributed by atoms with van der Waals surface area (Å²) < 4.78 is 0. The molecule has 1 atom stereocenters. The highest BCUT2D eigenvalue weighted by Crippen LogP contribution is 2.35. The molecule has 4 heterocycles. The third-order valence-corrected chi connectivity index (χ3v) is 4.51. The number of nitrogens with zero attached hydrogens (tertiary/aromatic N) is 4. The topological polar surface area (TPSA) is 67.7 Å². The number of likely N-dealkylation sites (tertiary alicyclic amines) is 1. The third kappa shape index (κ3) is 2.75. The Morgan fingerprint density at radius 1 is 1.12 bits per heavy atom. The first kappa shape index (κ1) is 14.8. The molecule has 1 amide bonds. The van der Waals surface area contributed by atoms with Crippen LogP contribution in [0.15, 0.2) is 53.9 Å². The van der Waals surface area contributed by atoms with Crippen LogP contribution in [-0.4, -0.2) is 45.2 Å². The smallest absolute Gasteiger partial charge is 0.272 e. The van der Waals surface area contributed by atoms with Crippen molar-refractivity contribution in [2.75, 3.05) is 13.1 Å². The maximum absolute atomic E-state index is 12.6. The summed E-state index contributed by atoms with van der Waals surface area (Å²) in [5.74, 6) is -0.0513. The second-order valence-electron chi connectivity index (χ2n) is 6.25. The molecule has 1 spiro atoms. The van der Waals surface area contributed by atoms with Crippen LogP contribution in [0.25, 0.3) is 0 Å². The highest BCUT2D eigenvalue weighted by molar-refractivity contribution is 6.00. The van der Waals surface area contributed by atoms with Crippen LogP contribution in [0, 0.1) is 0 Å². The molecule has 4 rings (SSSR count). The zero-order valence-electron chi connectivity index (χ0n) is 13.3. The lowest BCUT2D eigenvalue weighted by Crippen LogP contribution is -2.50. The van der Waals surface area contributed by atoms with Crippen LogP contribution in [0.1, 0.15) is 35.4 Å². The Morgan fingerprint density at radius 3 is 2.71 bits per heavy atom. The van der Waals surface area contributed by atoms with Gasteiger partial charge < -0.3 is 9.74 Å². The van der Waals surface area contributed by atoms with E-state index in [4.69, 9.17) is 4.84 Å². The summed E-state index contributed by atoms with van der Waals surface area (Å²) in [6.07, 6.45) is 5.85. The number of piperidine rings is 1. The Hall–Kier alpha value is -2.76. The molecule has 2 aromatic rings. The van der Waals surface area contributed by atoms with Crippen molar-refractivity contribution in [1.29, 1.82) is 0 Å². The highest BCUT2D eigenvalue weighted by atomic mass is 16.7. The van der Waals surface area contributed by atoms with Gasteiger partial charge in [0.25, 0.3) is 5.91 Å². The summed E-state index contributed by atoms with van der Waals surface area (Å²) in [6, 6.07) is 11.1. The first-order valence-electron chi connectivity index (χ1n) is 8.13. The average molecular weight is 322 g/mol. The molecule has 0 aromatic carbocycles. The van der Waals surface area contributed by atoms with E-state index < -0.39 is 5.60 Å². The minimum Gasteiger partial charge on any atom is -0.387 e. The van der Waals surface area contributed by atoms with Gasteiger partial charge in [-0.1, -0.05) is 17.3 Å². The number of pyridine rings is 2. The fraction of sp³-hybridized carbons (Fsp3) is 0.333. The fourth-order valence-corrected chi connectivity index (χ4v) is 3.33. The molecule has 2 aromatic heterocycles. The summed E-state index contributed by atoms with van der Waals surface area (Å²) in [6.45, 7) is 1.25. The number of amides is 1. The zero-order chi connectivity index (χ0) is 16.4. The summed E-state index contributed by atoms with van der Waals surface area (Å²) in [5.41, 5.74) is 1.72. The lowest BCUT2D eigenvalue weighted by molar-refractivity contribution is -0.0619. The number of carbonyl (C=O) groups excluding carboxylic acids is 1. The third-order valence-electron chi connectivity index (χ3n) is 4.51. The summed E-state index contributed by atoms with van der Waals surface area (Å²) in [5, 5.41) is 4.25. The molecule has 122 valence electrons. The second-order valence-corrected chi connectivity index (χ2v) is 6.25. The Labute approximate surface area is 140 Å². The van der Waals surface area contributed by atoms with E-state index in [0.717, 1.165) is 30.8 Å². The monoisotopic (exact) mass is 322 g/mol. The van der Waals surface area contributed by atoms with Gasteiger partial charge in [0, 0.05) is 25.4 Å². The van der Waals surface area contributed by atoms with E-state index in [2.05, 4.69) is 15.1 Å². The lowest BCUT2D eigenvalue weighted by Gasteiger charge is -2.38. The Balaban J connectivity index is 1.49. The molecule has 1 saturated heterocycles. The van der Waals surface area contributed by atoms with Crippen molar-refractivity contribution in [2.45, 2.75) is 24.9 Å². The first-order chi connectivity index (χ1) is 11.8. The maximum atomic E-state index is 12.6. The normalized spacial score (nSPS) is 23.0. The molecule has 0 aliphatic carbocycles. The van der Waals surface area contributed by atoms with Crippen LogP contribution in [-0.2, 0) is 4.84 Å². The van der Waals surface area contributed by atoms with E-state index in [0.29, 0.717) is 18.7 Å². The Morgan fingerprint density at radius 2 is 1.96 bits per heavy atom. The van der Waals surface area contributed by atoms with Crippen molar-refractivity contribution in [1.82, 2.24) is 14.9 Å². The number of hydrogen-bond acceptors (Lipinski definition) is 5. The summed E-state index contributed by atoms with van der Waals surface area (Å²) in [4.78, 5) is 28.8. The minimum atomic E-state index is -0.435. The number of rotatable bonds is 2. The largest absolute Gasteiger partial charge is 0.387 e. The van der Waals surface area contributed by atoms with Crippen LogP contribution in [0.3, 0.4) is 0 Å². The summed E-state index contributed by atoms with van der Waals surface area (Å²) in [7, 11) is 0. The fourth-order valence-electron chi connectivity index (χ4n) is 3.33. The molecule has 24 heavy (non-hydrogen) atoms. The molecule has 6 nitrogen and oxygen atoms in total. The molecule has 6 heteroatoms. The van der Waals surface area contributed by atoms with Gasteiger partial charge in [-0.15, -0.1) is 0 Å². The van der Waals surface area contributed by atoms with Gasteiger partial charge in [0.05, 0.1) is 12.2 Å². The molecular formula is C18H18N4O2. The maximum Gasteiger partial charge on any atom is 0.272 e. The van der Waals surface area contributed by atoms with Crippen molar-refractivity contribution in [2.24, 2.45) is 5.16 Å². The number of aromatic nitrogens is 2. The molecular weight excluding hydrogens is 304 g/mol. The van der Waals surface area contributed by atoms with Gasteiger partial charge in [-0.25, -0.2) is 0 Å². The van der Waals surface area contributed by atoms with Crippen LogP contribution < -0.4 is 0 Å². The lowest BCUT2D eigenvalue weighted by atomic mass is 9.87. The molecule has 0 saturated carbocycles. The summed E-state index contributed by atoms with van der Waals surface area (Å²) >= 11 is 0. The van der Waals surface area contributed by atoms with Gasteiger partial charge in [-0.3, -0.25) is 14.8 Å². The SMILES string of the molecule is O=C(c1ccccn1)N1CCCC2(CC(c3ccccn3)=NO2)C1. The van der Waals surface area contributed by atoms with E-state index in [9.17, 15) is 4.79 Å². The van der Waals surface area contributed by atoms with Gasteiger partial charge >= 0.3 is 0 Å². The molecule has 0 bridgehead atoms. The zero-order valence-corrected chi connectivity index (χ0v) is 13.3. The van der Waals surface area contributed by atoms with Gasteiger partial charge in [0.2, 0.25) is 0 Å². The quantitative estimate of drug-likeness (QED) is 0.850. The van der Waals surface area contributed by atoms with Crippen LogP contribution in [0.4, 0.5) is 0 Å². The van der Waals surface area contributed by atoms with Gasteiger partial charge in [-0.05, 0) is 37.1 Å². The standard InChI is InChI=1S/C18H18N4O2/c23-17(15-7-2-4-10-20-15)22-11-5-8-18(13-22)12-16(21-24-18)14-6-1-3-9-19-14/h1-4,6-7,9-10H,5,8,11-13H2. The number of hydrogen-bond donors (Lipinski definition) is 0. The Kier molecular flexibility index (Phi) is 3.72. The molecule has 0 N–H and O–H groups in total. The molecule has 2 aliphatic heterocycles. The minimum absolute atomic E-state index is 0.0513. The van der Waals surface area contributed by atoms with Crippen molar-refractivity contribution < 1.29 is 9.63 Å². The number of carbonyl (C=O) groups is 1. The van der Waals surface area contributed by atoms with E-state index in [1.165, 1.54) is 0 Å². The van der Waals surface area contributed by atoms with E-state index in [1.54, 1.807) is 18.5 Å². The van der Waals surface area contributed by atoms with Crippen molar-refractivity contribution in [3.63, 3.8) is 0 Å². The predicted molar refractivity (Wildman–Crippen MR) is 88.6 cm³/mol. The van der Waals surface area contributed by atoms with Gasteiger partial charge in [-0.2, -0.15) is 0 Å². The van der Waals surface area contributed by atoms with Crippen molar-refractivity contribution in [3.05, 3.63) is 60.2 Å². The van der Waals surface area contributed by atoms with Crippen LogP contribution in [0.2, 0.25) is 0 Å². The van der Waals surface area contributed by atoms with Crippen molar-refractivity contribution in [3.8, 4) is 0 Å². The molecule has 1 fully saturated rings. The predicted octanol–water partition coefficient (Wildman–Crippen LogP) is 2.28. The van der Waals surface area contributed by atoms with Crippen molar-refractivity contribution >= 4 is 11.6 Å². The molecule has 0 radical (unpaired) electrons. The average Bonchev–Trinajstić information content (AvgIpc) is 3.06. The van der Waals surface area contributed by atoms with E-state index >= 15 is 0 Å². The Bertz CT molecular complexity index is 763. The van der Waals surface area contributed by atoms with Gasteiger partial charge in [0.1, 0.15) is 11.4 Å². The van der Waals surface area contributed by atoms with Crippen LogP contribution >= 0.6 is 0 Å². The van der Waals surface area contributed by atoms with E-state index in [1.807, 2.05) is 35.2 Å². The first-order valence-corrected chi connectivity index (χ1v) is 8.13. The molecule has 1 unspecified atom stereocenters. The van der Waals surface area contributed by atoms with Gasteiger partial charge in [0.15, 0.2) is 5.60 Å². The second kappa shape index (κ2) is 6.03. The molecule has 2 aliphatic rings. The van der Waals surface area contributed by atoms with E-state index in [-0.39, 0.29) is 5.91 Å². The van der Waals surface area contributed by atoms with Crippen LogP contribution in [0.5, 0.6) is 0 Å².